The van der Waals surface area contributed by atoms with Crippen LogP contribution in [0.4, 0.5) is 0 Å². The van der Waals surface area contributed by atoms with Crippen molar-refractivity contribution in [2.24, 2.45) is 0 Å². The van der Waals surface area contributed by atoms with Gasteiger partial charge in [0.15, 0.2) is 5.11 Å². The van der Waals surface area contributed by atoms with E-state index in [9.17, 15) is 0 Å². The molecule has 0 bridgehead atoms. The van der Waals surface area contributed by atoms with E-state index in [0.717, 1.165) is 10.6 Å². The summed E-state index contributed by atoms with van der Waals surface area (Å²) in [5.74, 6) is 0. The van der Waals surface area contributed by atoms with Gasteiger partial charge in [-0.15, -0.1) is 0 Å². The zero-order valence-corrected chi connectivity index (χ0v) is 12.5. The van der Waals surface area contributed by atoms with Crippen molar-refractivity contribution in [1.29, 1.82) is 0 Å². The Bertz CT molecular complexity index is 400. The summed E-state index contributed by atoms with van der Waals surface area (Å²) in [5, 5.41) is 4.66. The first-order valence-corrected chi connectivity index (χ1v) is 6.57. The predicted molar refractivity (Wildman–Crippen MR) is 80.0 cm³/mol. The lowest BCUT2D eigenvalue weighted by atomic mass is 10.2. The molecule has 1 rings (SSSR count). The number of rotatable bonds is 5. The monoisotopic (exact) mass is 286 g/mol. The van der Waals surface area contributed by atoms with Crippen LogP contribution in [0.1, 0.15) is 12.5 Å². The number of thiocarbonyl (C=S) groups is 1. The lowest BCUT2D eigenvalue weighted by molar-refractivity contribution is 0.178. The topological polar surface area (TPSA) is 24.5 Å². The van der Waals surface area contributed by atoms with Gasteiger partial charge in [0.25, 0.3) is 0 Å². The standard InChI is InChI=1S/C13H19ClN2OS/c1-10(9-17-3)15-13(18)16(2)8-11-6-4-5-7-12(11)14/h4-7,10H,8-9H2,1-3H3,(H,15,18). The number of hydrogen-bond acceptors (Lipinski definition) is 2. The normalized spacial score (nSPS) is 12.0. The van der Waals surface area contributed by atoms with Crippen molar-refractivity contribution < 1.29 is 4.74 Å². The third-order valence-corrected chi connectivity index (χ3v) is 3.30. The van der Waals surface area contributed by atoms with E-state index in [-0.39, 0.29) is 6.04 Å². The molecule has 0 heterocycles. The minimum absolute atomic E-state index is 0.191. The second kappa shape index (κ2) is 7.56. The van der Waals surface area contributed by atoms with Gasteiger partial charge in [0.05, 0.1) is 6.61 Å². The molecule has 1 aromatic carbocycles. The van der Waals surface area contributed by atoms with Crippen LogP contribution in [0.25, 0.3) is 0 Å². The number of ether oxygens (including phenoxy) is 1. The fourth-order valence-electron chi connectivity index (χ4n) is 1.57. The minimum Gasteiger partial charge on any atom is -0.383 e. The van der Waals surface area contributed by atoms with Crippen LogP contribution >= 0.6 is 23.8 Å². The van der Waals surface area contributed by atoms with E-state index in [4.69, 9.17) is 28.6 Å². The number of halogens is 1. The van der Waals surface area contributed by atoms with Crippen LogP contribution in [0, 0.1) is 0 Å². The van der Waals surface area contributed by atoms with Gasteiger partial charge in [-0.2, -0.15) is 0 Å². The number of nitrogens with one attached hydrogen (secondary N) is 1. The average Bonchev–Trinajstić information content (AvgIpc) is 2.32. The van der Waals surface area contributed by atoms with Gasteiger partial charge in [-0.1, -0.05) is 29.8 Å². The van der Waals surface area contributed by atoms with Crippen molar-refractivity contribution in [2.75, 3.05) is 20.8 Å². The summed E-state index contributed by atoms with van der Waals surface area (Å²) in [5.41, 5.74) is 1.06. The van der Waals surface area contributed by atoms with Crippen LogP contribution in [0.5, 0.6) is 0 Å². The highest BCUT2D eigenvalue weighted by Crippen LogP contribution is 2.16. The maximum absolute atomic E-state index is 6.12. The molecule has 1 unspecified atom stereocenters. The molecule has 0 aromatic heterocycles. The Morgan fingerprint density at radius 2 is 2.17 bits per heavy atom. The summed E-state index contributed by atoms with van der Waals surface area (Å²) in [6.45, 7) is 3.34. The van der Waals surface area contributed by atoms with Gasteiger partial charge in [0.1, 0.15) is 0 Å². The molecule has 0 saturated heterocycles. The highest BCUT2D eigenvalue weighted by molar-refractivity contribution is 7.80. The third kappa shape index (κ3) is 4.80. The van der Waals surface area contributed by atoms with Gasteiger partial charge < -0.3 is 15.0 Å². The molecule has 0 spiro atoms. The van der Waals surface area contributed by atoms with Gasteiger partial charge in [0.2, 0.25) is 0 Å². The van der Waals surface area contributed by atoms with Gasteiger partial charge in [-0.25, -0.2) is 0 Å². The second-order valence-corrected chi connectivity index (χ2v) is 5.05. The molecule has 0 saturated carbocycles. The van der Waals surface area contributed by atoms with Crippen LogP contribution in [-0.4, -0.2) is 36.8 Å². The number of nitrogens with zero attached hydrogens (tertiary/aromatic N) is 1. The van der Waals surface area contributed by atoms with E-state index in [2.05, 4.69) is 5.32 Å². The van der Waals surface area contributed by atoms with Crippen LogP contribution in [0.15, 0.2) is 24.3 Å². The fraction of sp³-hybridized carbons (Fsp3) is 0.462. The van der Waals surface area contributed by atoms with Crippen LogP contribution in [-0.2, 0) is 11.3 Å². The van der Waals surface area contributed by atoms with Gasteiger partial charge in [0, 0.05) is 31.8 Å². The van der Waals surface area contributed by atoms with Crippen molar-refractivity contribution in [1.82, 2.24) is 10.2 Å². The number of methoxy groups -OCH3 is 1. The molecule has 0 amide bonds. The number of hydrogen-bond donors (Lipinski definition) is 1. The van der Waals surface area contributed by atoms with E-state index >= 15 is 0 Å². The second-order valence-electron chi connectivity index (χ2n) is 4.25. The highest BCUT2D eigenvalue weighted by atomic mass is 35.5. The van der Waals surface area contributed by atoms with E-state index in [1.165, 1.54) is 0 Å². The molecular weight excluding hydrogens is 268 g/mol. The van der Waals surface area contributed by atoms with Crippen LogP contribution in [0.2, 0.25) is 5.02 Å². The Hall–Kier alpha value is -0.840. The Labute approximate surface area is 119 Å². The van der Waals surface area contributed by atoms with Crippen LogP contribution < -0.4 is 5.32 Å². The first-order valence-electron chi connectivity index (χ1n) is 5.78. The van der Waals surface area contributed by atoms with E-state index in [1.54, 1.807) is 7.11 Å². The van der Waals surface area contributed by atoms with Crippen molar-refractivity contribution in [3.63, 3.8) is 0 Å². The summed E-state index contributed by atoms with van der Waals surface area (Å²) in [6, 6.07) is 7.97. The molecular formula is C13H19ClN2OS. The number of benzene rings is 1. The maximum atomic E-state index is 6.12. The summed E-state index contributed by atoms with van der Waals surface area (Å²) in [6.07, 6.45) is 0. The quantitative estimate of drug-likeness (QED) is 0.841. The van der Waals surface area contributed by atoms with Crippen LogP contribution in [0.3, 0.4) is 0 Å². The average molecular weight is 287 g/mol. The molecule has 0 aliphatic rings. The summed E-state index contributed by atoms with van der Waals surface area (Å²) in [7, 11) is 3.62. The van der Waals surface area contributed by atoms with E-state index in [1.807, 2.05) is 43.1 Å². The Morgan fingerprint density at radius 1 is 1.50 bits per heavy atom. The molecule has 1 N–H and O–H groups in total. The van der Waals surface area contributed by atoms with E-state index in [0.29, 0.717) is 18.3 Å². The molecule has 0 aliphatic carbocycles. The zero-order chi connectivity index (χ0) is 13.5. The maximum Gasteiger partial charge on any atom is 0.169 e. The fourth-order valence-corrected chi connectivity index (χ4v) is 2.03. The van der Waals surface area contributed by atoms with Crippen molar-refractivity contribution in [2.45, 2.75) is 19.5 Å². The van der Waals surface area contributed by atoms with Crippen molar-refractivity contribution in [3.05, 3.63) is 34.9 Å². The van der Waals surface area contributed by atoms with Gasteiger partial charge in [-0.05, 0) is 30.8 Å². The smallest absolute Gasteiger partial charge is 0.169 e. The third-order valence-electron chi connectivity index (χ3n) is 2.50. The Kier molecular flexibility index (Phi) is 6.39. The molecule has 5 heteroatoms. The molecule has 1 aromatic rings. The first-order chi connectivity index (χ1) is 8.54. The minimum atomic E-state index is 0.191. The highest BCUT2D eigenvalue weighted by Gasteiger charge is 2.09. The largest absolute Gasteiger partial charge is 0.383 e. The summed E-state index contributed by atoms with van der Waals surface area (Å²) < 4.78 is 5.06. The molecule has 3 nitrogen and oxygen atoms in total. The first kappa shape index (κ1) is 15.2. The van der Waals surface area contributed by atoms with Gasteiger partial charge in [-0.3, -0.25) is 0 Å². The molecule has 0 fully saturated rings. The lowest BCUT2D eigenvalue weighted by Gasteiger charge is -2.24. The lowest BCUT2D eigenvalue weighted by Crippen LogP contribution is -2.43. The van der Waals surface area contributed by atoms with Crippen molar-refractivity contribution >= 4 is 28.9 Å². The molecule has 0 radical (unpaired) electrons. The van der Waals surface area contributed by atoms with Gasteiger partial charge >= 0.3 is 0 Å². The van der Waals surface area contributed by atoms with E-state index < -0.39 is 0 Å². The molecule has 1 atom stereocenters. The summed E-state index contributed by atoms with van der Waals surface area (Å²) in [4.78, 5) is 1.96. The predicted octanol–water partition coefficient (Wildman–Crippen LogP) is 2.68. The molecule has 0 aliphatic heterocycles. The zero-order valence-electron chi connectivity index (χ0n) is 10.9. The Balaban J connectivity index is 2.52. The SMILES string of the molecule is COCC(C)NC(=S)N(C)Cc1ccccc1Cl. The molecule has 18 heavy (non-hydrogen) atoms. The summed E-state index contributed by atoms with van der Waals surface area (Å²) >= 11 is 11.4. The molecule has 100 valence electrons. The Morgan fingerprint density at radius 3 is 2.78 bits per heavy atom. The van der Waals surface area contributed by atoms with Crippen molar-refractivity contribution in [3.8, 4) is 0 Å².